The molecule has 0 spiro atoms. The van der Waals surface area contributed by atoms with E-state index in [2.05, 4.69) is 4.90 Å². The Kier molecular flexibility index (Phi) is 4.99. The lowest BCUT2D eigenvalue weighted by molar-refractivity contribution is 0.0628. The van der Waals surface area contributed by atoms with Crippen molar-refractivity contribution in [1.82, 2.24) is 14.4 Å². The summed E-state index contributed by atoms with van der Waals surface area (Å²) in [5.41, 5.74) is 1.99. The zero-order valence-electron chi connectivity index (χ0n) is 14.5. The zero-order valence-corrected chi connectivity index (χ0v) is 14.5. The van der Waals surface area contributed by atoms with Crippen LogP contribution >= 0.6 is 0 Å². The van der Waals surface area contributed by atoms with E-state index in [1.165, 1.54) is 6.07 Å². The van der Waals surface area contributed by atoms with Crippen molar-refractivity contribution in [2.75, 3.05) is 26.2 Å². The van der Waals surface area contributed by atoms with E-state index in [0.29, 0.717) is 24.2 Å². The molecular weight excluding hydrogens is 321 g/mol. The zero-order chi connectivity index (χ0) is 18.0. The summed E-state index contributed by atoms with van der Waals surface area (Å²) in [6.07, 6.45) is 1.84. The maximum absolute atomic E-state index is 13.7. The van der Waals surface area contributed by atoms with Gasteiger partial charge in [-0.2, -0.15) is 0 Å². The summed E-state index contributed by atoms with van der Waals surface area (Å²) in [6, 6.07) is 8.04. The van der Waals surface area contributed by atoms with Crippen LogP contribution < -0.4 is 5.56 Å². The van der Waals surface area contributed by atoms with Crippen molar-refractivity contribution in [2.24, 2.45) is 7.05 Å². The first-order valence-corrected chi connectivity index (χ1v) is 8.37. The van der Waals surface area contributed by atoms with E-state index in [4.69, 9.17) is 0 Å². The van der Waals surface area contributed by atoms with Gasteiger partial charge in [-0.25, -0.2) is 4.39 Å². The second-order valence-corrected chi connectivity index (χ2v) is 6.52. The van der Waals surface area contributed by atoms with Crippen molar-refractivity contribution < 1.29 is 9.18 Å². The van der Waals surface area contributed by atoms with Crippen molar-refractivity contribution in [2.45, 2.75) is 13.5 Å². The molecule has 1 saturated heterocycles. The number of aromatic nitrogens is 1. The van der Waals surface area contributed by atoms with Crippen LogP contribution in [0.25, 0.3) is 0 Å². The molecule has 0 radical (unpaired) electrons. The monoisotopic (exact) mass is 343 g/mol. The predicted molar refractivity (Wildman–Crippen MR) is 94.0 cm³/mol. The summed E-state index contributed by atoms with van der Waals surface area (Å²) in [5, 5.41) is 0. The van der Waals surface area contributed by atoms with Crippen molar-refractivity contribution in [3.8, 4) is 0 Å². The molecule has 0 atom stereocenters. The fourth-order valence-electron chi connectivity index (χ4n) is 3.02. The molecule has 0 saturated carbocycles. The average molecular weight is 343 g/mol. The van der Waals surface area contributed by atoms with Crippen molar-refractivity contribution in [3.05, 3.63) is 69.4 Å². The molecule has 0 bridgehead atoms. The quantitative estimate of drug-likeness (QED) is 0.854. The molecule has 0 N–H and O–H groups in total. The van der Waals surface area contributed by atoms with Gasteiger partial charge in [0.05, 0.1) is 0 Å². The highest BCUT2D eigenvalue weighted by Crippen LogP contribution is 2.14. The highest BCUT2D eigenvalue weighted by molar-refractivity contribution is 5.94. The third kappa shape index (κ3) is 3.96. The number of amides is 1. The number of carbonyl (C=O) groups excluding carboxylic acids is 1. The SMILES string of the molecule is Cc1ccc(C(=O)N2CCN(Cc3ccc(=O)n(C)c3)CC2)cc1F. The van der Waals surface area contributed by atoms with Gasteiger partial charge in [-0.05, 0) is 30.2 Å². The van der Waals surface area contributed by atoms with E-state index in [0.717, 1.165) is 25.2 Å². The number of hydrogen-bond acceptors (Lipinski definition) is 3. The summed E-state index contributed by atoms with van der Waals surface area (Å²) >= 11 is 0. The average Bonchev–Trinajstić information content (AvgIpc) is 2.61. The Morgan fingerprint density at radius 3 is 2.48 bits per heavy atom. The number of benzene rings is 1. The first-order chi connectivity index (χ1) is 11.9. The Bertz CT molecular complexity index is 839. The van der Waals surface area contributed by atoms with Gasteiger partial charge >= 0.3 is 0 Å². The standard InChI is InChI=1S/C19H22FN3O2/c1-14-3-5-16(11-17(14)20)19(25)23-9-7-22(8-10-23)13-15-4-6-18(24)21(2)12-15/h3-6,11-12H,7-10,13H2,1-2H3. The van der Waals surface area contributed by atoms with Gasteiger partial charge in [0, 0.05) is 57.6 Å². The van der Waals surface area contributed by atoms with Crippen molar-refractivity contribution in [1.29, 1.82) is 0 Å². The molecule has 1 aliphatic rings. The number of halogens is 1. The van der Waals surface area contributed by atoms with Crippen LogP contribution in [-0.2, 0) is 13.6 Å². The Morgan fingerprint density at radius 2 is 1.84 bits per heavy atom. The van der Waals surface area contributed by atoms with Gasteiger partial charge in [0.25, 0.3) is 5.91 Å². The summed E-state index contributed by atoms with van der Waals surface area (Å²) < 4.78 is 15.2. The van der Waals surface area contributed by atoms with Gasteiger partial charge in [0.2, 0.25) is 5.56 Å². The predicted octanol–water partition coefficient (Wildman–Crippen LogP) is 1.79. The molecule has 25 heavy (non-hydrogen) atoms. The van der Waals surface area contributed by atoms with Gasteiger partial charge in [-0.1, -0.05) is 12.1 Å². The molecular formula is C19H22FN3O2. The van der Waals surface area contributed by atoms with Crippen LogP contribution in [0, 0.1) is 12.7 Å². The second kappa shape index (κ2) is 7.19. The number of nitrogens with zero attached hydrogens (tertiary/aromatic N) is 3. The molecule has 5 nitrogen and oxygen atoms in total. The number of carbonyl (C=O) groups is 1. The maximum Gasteiger partial charge on any atom is 0.254 e. The Labute approximate surface area is 146 Å². The summed E-state index contributed by atoms with van der Waals surface area (Å²) in [5.74, 6) is -0.472. The number of hydrogen-bond donors (Lipinski definition) is 0. The van der Waals surface area contributed by atoms with Crippen molar-refractivity contribution in [3.63, 3.8) is 0 Å². The molecule has 0 aliphatic carbocycles. The largest absolute Gasteiger partial charge is 0.336 e. The topological polar surface area (TPSA) is 45.6 Å². The molecule has 132 valence electrons. The Balaban J connectivity index is 1.59. The lowest BCUT2D eigenvalue weighted by atomic mass is 10.1. The maximum atomic E-state index is 13.7. The van der Waals surface area contributed by atoms with Gasteiger partial charge in [-0.15, -0.1) is 0 Å². The Morgan fingerprint density at radius 1 is 1.12 bits per heavy atom. The fraction of sp³-hybridized carbons (Fsp3) is 0.368. The Hall–Kier alpha value is -2.47. The van der Waals surface area contributed by atoms with Crippen LogP contribution in [-0.4, -0.2) is 46.5 Å². The molecule has 2 aromatic rings. The second-order valence-electron chi connectivity index (χ2n) is 6.52. The minimum atomic E-state index is -0.348. The summed E-state index contributed by atoms with van der Waals surface area (Å²) in [4.78, 5) is 28.0. The lowest BCUT2D eigenvalue weighted by Gasteiger charge is -2.34. The molecule has 3 rings (SSSR count). The number of pyridine rings is 1. The van der Waals surface area contributed by atoms with Crippen molar-refractivity contribution >= 4 is 5.91 Å². The highest BCUT2D eigenvalue weighted by atomic mass is 19.1. The summed E-state index contributed by atoms with van der Waals surface area (Å²) in [7, 11) is 1.74. The molecule has 1 aromatic heterocycles. The lowest BCUT2D eigenvalue weighted by Crippen LogP contribution is -2.48. The molecule has 1 aliphatic heterocycles. The third-order valence-electron chi connectivity index (χ3n) is 4.63. The molecule has 6 heteroatoms. The van der Waals surface area contributed by atoms with Crippen LogP contribution in [0.5, 0.6) is 0 Å². The van der Waals surface area contributed by atoms with Gasteiger partial charge in [0.1, 0.15) is 5.82 Å². The molecule has 1 fully saturated rings. The third-order valence-corrected chi connectivity index (χ3v) is 4.63. The van der Waals surface area contributed by atoms with Crippen LogP contribution in [0.4, 0.5) is 4.39 Å². The number of rotatable bonds is 3. The summed E-state index contributed by atoms with van der Waals surface area (Å²) in [6.45, 7) is 5.16. The minimum absolute atomic E-state index is 0.0236. The van der Waals surface area contributed by atoms with Gasteiger partial charge in [0.15, 0.2) is 0 Å². The van der Waals surface area contributed by atoms with Crippen LogP contribution in [0.1, 0.15) is 21.5 Å². The number of piperazine rings is 1. The van der Waals surface area contributed by atoms with Crippen LogP contribution in [0.3, 0.4) is 0 Å². The first kappa shape index (κ1) is 17.4. The van der Waals surface area contributed by atoms with E-state index in [9.17, 15) is 14.0 Å². The van der Waals surface area contributed by atoms with Crippen LogP contribution in [0.2, 0.25) is 0 Å². The normalized spacial score (nSPS) is 15.4. The molecule has 2 heterocycles. The van der Waals surface area contributed by atoms with Gasteiger partial charge in [-0.3, -0.25) is 14.5 Å². The molecule has 1 amide bonds. The minimum Gasteiger partial charge on any atom is -0.336 e. The fourth-order valence-corrected chi connectivity index (χ4v) is 3.02. The number of aryl methyl sites for hydroxylation is 2. The molecule has 1 aromatic carbocycles. The van der Waals surface area contributed by atoms with Crippen LogP contribution in [0.15, 0.2) is 41.3 Å². The van der Waals surface area contributed by atoms with E-state index in [1.54, 1.807) is 41.6 Å². The highest BCUT2D eigenvalue weighted by Gasteiger charge is 2.22. The first-order valence-electron chi connectivity index (χ1n) is 8.37. The van der Waals surface area contributed by atoms with E-state index < -0.39 is 0 Å². The smallest absolute Gasteiger partial charge is 0.254 e. The molecule has 0 unspecified atom stereocenters. The van der Waals surface area contributed by atoms with Gasteiger partial charge < -0.3 is 9.47 Å². The van der Waals surface area contributed by atoms with E-state index >= 15 is 0 Å². The van der Waals surface area contributed by atoms with E-state index in [1.807, 2.05) is 12.3 Å². The van der Waals surface area contributed by atoms with E-state index in [-0.39, 0.29) is 17.3 Å².